The molecule has 0 aliphatic carbocycles. The second-order valence-electron chi connectivity index (χ2n) is 3.93. The molecule has 13 heavy (non-hydrogen) atoms. The molecule has 1 aromatic carbocycles. The van der Waals surface area contributed by atoms with E-state index in [0.29, 0.717) is 12.0 Å². The van der Waals surface area contributed by atoms with E-state index in [0.717, 1.165) is 6.54 Å². The summed E-state index contributed by atoms with van der Waals surface area (Å²) in [6, 6.07) is 11.0. The van der Waals surface area contributed by atoms with E-state index in [1.807, 2.05) is 0 Å². The van der Waals surface area contributed by atoms with Crippen molar-refractivity contribution in [2.24, 2.45) is 5.92 Å². The molecule has 0 aromatic heterocycles. The van der Waals surface area contributed by atoms with Crippen LogP contribution in [-0.2, 0) is 0 Å². The average molecular weight is 177 g/mol. The van der Waals surface area contributed by atoms with Crippen LogP contribution in [0, 0.1) is 5.92 Å². The van der Waals surface area contributed by atoms with E-state index in [1.165, 1.54) is 5.56 Å². The standard InChI is InChI=1S/C12H19N/c1-10(2)9-13-11(3)12-7-5-4-6-8-12/h4-8,10-11,13H,9H2,1-3H3. The molecule has 0 amide bonds. The number of hydrogen-bond acceptors (Lipinski definition) is 1. The Labute approximate surface area is 81.2 Å². The summed E-state index contributed by atoms with van der Waals surface area (Å²) in [6.07, 6.45) is 0. The minimum absolute atomic E-state index is 0.462. The largest absolute Gasteiger partial charge is 0.310 e. The van der Waals surface area contributed by atoms with E-state index in [2.05, 4.69) is 56.4 Å². The highest BCUT2D eigenvalue weighted by Gasteiger charge is 2.03. The molecule has 0 spiro atoms. The third-order valence-corrected chi connectivity index (χ3v) is 2.13. The monoisotopic (exact) mass is 177 g/mol. The molecule has 0 fully saturated rings. The molecule has 1 atom stereocenters. The fraction of sp³-hybridized carbons (Fsp3) is 0.500. The average Bonchev–Trinajstić information content (AvgIpc) is 2.15. The van der Waals surface area contributed by atoms with E-state index in [9.17, 15) is 0 Å². The van der Waals surface area contributed by atoms with Crippen molar-refractivity contribution in [3.63, 3.8) is 0 Å². The third-order valence-electron chi connectivity index (χ3n) is 2.13. The molecule has 1 nitrogen and oxygen atoms in total. The van der Waals surface area contributed by atoms with Gasteiger partial charge in [-0.3, -0.25) is 0 Å². The first-order valence-electron chi connectivity index (χ1n) is 4.98. The van der Waals surface area contributed by atoms with Gasteiger partial charge in [-0.25, -0.2) is 0 Å². The number of hydrogen-bond donors (Lipinski definition) is 1. The second-order valence-corrected chi connectivity index (χ2v) is 3.93. The van der Waals surface area contributed by atoms with Gasteiger partial charge in [0.05, 0.1) is 0 Å². The Kier molecular flexibility index (Phi) is 3.97. The Bertz CT molecular complexity index is 228. The first-order chi connectivity index (χ1) is 6.20. The normalized spacial score (nSPS) is 13.2. The van der Waals surface area contributed by atoms with Crippen LogP contribution in [0.25, 0.3) is 0 Å². The summed E-state index contributed by atoms with van der Waals surface area (Å²) in [4.78, 5) is 0. The van der Waals surface area contributed by atoms with E-state index < -0.39 is 0 Å². The van der Waals surface area contributed by atoms with Crippen LogP contribution < -0.4 is 5.32 Å². The van der Waals surface area contributed by atoms with Crippen LogP contribution in [0.5, 0.6) is 0 Å². The van der Waals surface area contributed by atoms with E-state index >= 15 is 0 Å². The van der Waals surface area contributed by atoms with Crippen molar-refractivity contribution in [1.29, 1.82) is 0 Å². The SMILES string of the molecule is CC(C)CNC(C)c1ccccc1. The van der Waals surface area contributed by atoms with Crippen LogP contribution in [0.1, 0.15) is 32.4 Å². The summed E-state index contributed by atoms with van der Waals surface area (Å²) in [6.45, 7) is 7.74. The van der Waals surface area contributed by atoms with Gasteiger partial charge in [0.15, 0.2) is 0 Å². The number of rotatable bonds is 4. The molecule has 1 rings (SSSR count). The Balaban J connectivity index is 2.44. The summed E-state index contributed by atoms with van der Waals surface area (Å²) >= 11 is 0. The van der Waals surface area contributed by atoms with Crippen molar-refractivity contribution in [2.45, 2.75) is 26.8 Å². The lowest BCUT2D eigenvalue weighted by molar-refractivity contribution is 0.496. The zero-order valence-corrected chi connectivity index (χ0v) is 8.75. The maximum Gasteiger partial charge on any atom is 0.0291 e. The van der Waals surface area contributed by atoms with Crippen molar-refractivity contribution in [2.75, 3.05) is 6.54 Å². The molecular weight excluding hydrogens is 158 g/mol. The van der Waals surface area contributed by atoms with E-state index in [-0.39, 0.29) is 0 Å². The van der Waals surface area contributed by atoms with Gasteiger partial charge in [-0.2, -0.15) is 0 Å². The summed E-state index contributed by atoms with van der Waals surface area (Å²) in [7, 11) is 0. The molecule has 0 radical (unpaired) electrons. The Morgan fingerprint density at radius 1 is 1.08 bits per heavy atom. The fourth-order valence-electron chi connectivity index (χ4n) is 1.27. The smallest absolute Gasteiger partial charge is 0.0291 e. The molecule has 1 aromatic rings. The van der Waals surface area contributed by atoms with Gasteiger partial charge in [-0.1, -0.05) is 44.2 Å². The number of benzene rings is 1. The number of nitrogens with one attached hydrogen (secondary N) is 1. The molecular formula is C12H19N. The predicted molar refractivity (Wildman–Crippen MR) is 57.7 cm³/mol. The first kappa shape index (κ1) is 10.3. The van der Waals surface area contributed by atoms with Gasteiger partial charge in [0, 0.05) is 6.04 Å². The van der Waals surface area contributed by atoms with Crippen molar-refractivity contribution in [3.05, 3.63) is 35.9 Å². The molecule has 1 N–H and O–H groups in total. The maximum absolute atomic E-state index is 3.50. The van der Waals surface area contributed by atoms with Crippen LogP contribution in [0.15, 0.2) is 30.3 Å². The lowest BCUT2D eigenvalue weighted by Crippen LogP contribution is -2.23. The predicted octanol–water partition coefficient (Wildman–Crippen LogP) is 2.99. The molecule has 72 valence electrons. The van der Waals surface area contributed by atoms with Gasteiger partial charge in [-0.05, 0) is 24.9 Å². The van der Waals surface area contributed by atoms with Gasteiger partial charge in [0.1, 0.15) is 0 Å². The zero-order valence-electron chi connectivity index (χ0n) is 8.75. The zero-order chi connectivity index (χ0) is 9.68. The third kappa shape index (κ3) is 3.60. The minimum atomic E-state index is 0.462. The summed E-state index contributed by atoms with van der Waals surface area (Å²) in [5.41, 5.74) is 1.36. The molecule has 0 bridgehead atoms. The lowest BCUT2D eigenvalue weighted by atomic mass is 10.1. The van der Waals surface area contributed by atoms with Crippen LogP contribution in [0.4, 0.5) is 0 Å². The minimum Gasteiger partial charge on any atom is -0.310 e. The summed E-state index contributed by atoms with van der Waals surface area (Å²) < 4.78 is 0. The van der Waals surface area contributed by atoms with E-state index in [4.69, 9.17) is 0 Å². The van der Waals surface area contributed by atoms with Crippen molar-refractivity contribution in [3.8, 4) is 0 Å². The molecule has 0 saturated heterocycles. The van der Waals surface area contributed by atoms with Crippen LogP contribution in [-0.4, -0.2) is 6.54 Å². The van der Waals surface area contributed by atoms with Crippen LogP contribution >= 0.6 is 0 Å². The van der Waals surface area contributed by atoms with Crippen molar-refractivity contribution < 1.29 is 0 Å². The quantitative estimate of drug-likeness (QED) is 0.745. The topological polar surface area (TPSA) is 12.0 Å². The van der Waals surface area contributed by atoms with Gasteiger partial charge >= 0.3 is 0 Å². The second kappa shape index (κ2) is 5.03. The highest BCUT2D eigenvalue weighted by Crippen LogP contribution is 2.10. The highest BCUT2D eigenvalue weighted by atomic mass is 14.9. The molecule has 0 aliphatic heterocycles. The first-order valence-corrected chi connectivity index (χ1v) is 4.98. The Hall–Kier alpha value is -0.820. The molecule has 0 saturated carbocycles. The summed E-state index contributed by atoms with van der Waals surface area (Å²) in [5, 5.41) is 3.50. The van der Waals surface area contributed by atoms with Crippen molar-refractivity contribution in [1.82, 2.24) is 5.32 Å². The van der Waals surface area contributed by atoms with Crippen molar-refractivity contribution >= 4 is 0 Å². The molecule has 1 unspecified atom stereocenters. The highest BCUT2D eigenvalue weighted by molar-refractivity contribution is 5.17. The van der Waals surface area contributed by atoms with Gasteiger partial charge in [-0.15, -0.1) is 0 Å². The Morgan fingerprint density at radius 2 is 1.69 bits per heavy atom. The molecule has 1 heteroatoms. The van der Waals surface area contributed by atoms with Gasteiger partial charge in [0.25, 0.3) is 0 Å². The fourth-order valence-corrected chi connectivity index (χ4v) is 1.27. The molecule has 0 aliphatic rings. The van der Waals surface area contributed by atoms with Gasteiger partial charge < -0.3 is 5.32 Å². The molecule has 0 heterocycles. The summed E-state index contributed by atoms with van der Waals surface area (Å²) in [5.74, 6) is 0.714. The maximum atomic E-state index is 3.50. The van der Waals surface area contributed by atoms with E-state index in [1.54, 1.807) is 0 Å². The van der Waals surface area contributed by atoms with Crippen LogP contribution in [0.2, 0.25) is 0 Å². The van der Waals surface area contributed by atoms with Gasteiger partial charge in [0.2, 0.25) is 0 Å². The Morgan fingerprint density at radius 3 is 2.23 bits per heavy atom. The van der Waals surface area contributed by atoms with Crippen LogP contribution in [0.3, 0.4) is 0 Å². The lowest BCUT2D eigenvalue weighted by Gasteiger charge is -2.15.